The first kappa shape index (κ1) is 15.6. The second-order valence-electron chi connectivity index (χ2n) is 5.51. The van der Waals surface area contributed by atoms with Crippen molar-refractivity contribution >= 4 is 5.97 Å². The number of aliphatic carboxylic acids is 1. The minimum Gasteiger partial charge on any atom is -0.494 e. The van der Waals surface area contributed by atoms with E-state index in [0.717, 1.165) is 23.5 Å². The van der Waals surface area contributed by atoms with Gasteiger partial charge in [-0.25, -0.2) is 0 Å². The van der Waals surface area contributed by atoms with E-state index in [-0.39, 0.29) is 12.5 Å². The van der Waals surface area contributed by atoms with Crippen molar-refractivity contribution in [1.29, 1.82) is 0 Å². The predicted octanol–water partition coefficient (Wildman–Crippen LogP) is 2.32. The van der Waals surface area contributed by atoms with Crippen molar-refractivity contribution in [2.45, 2.75) is 39.3 Å². The summed E-state index contributed by atoms with van der Waals surface area (Å²) in [4.78, 5) is 12.6. The predicted molar refractivity (Wildman–Crippen MR) is 80.0 cm³/mol. The number of carboxylic acids is 1. The van der Waals surface area contributed by atoms with E-state index < -0.39 is 5.97 Å². The highest BCUT2D eigenvalue weighted by atomic mass is 16.5. The Hall–Kier alpha value is -1.75. The number of hydrogen-bond donors (Lipinski definition) is 1. The molecule has 0 aromatic heterocycles. The molecule has 116 valence electrons. The van der Waals surface area contributed by atoms with Crippen molar-refractivity contribution < 1.29 is 19.4 Å². The molecular formula is C16H23NO4. The van der Waals surface area contributed by atoms with Crippen LogP contribution >= 0.6 is 0 Å². The summed E-state index contributed by atoms with van der Waals surface area (Å²) in [5.41, 5.74) is 2.22. The summed E-state index contributed by atoms with van der Waals surface area (Å²) in [7, 11) is 1.91. The number of carboxylic acid groups (broad SMARTS) is 1. The van der Waals surface area contributed by atoms with Gasteiger partial charge in [-0.2, -0.15) is 0 Å². The number of benzene rings is 1. The van der Waals surface area contributed by atoms with E-state index in [1.165, 1.54) is 5.56 Å². The Labute approximate surface area is 125 Å². The van der Waals surface area contributed by atoms with Gasteiger partial charge in [-0.05, 0) is 33.0 Å². The molecule has 0 radical (unpaired) electrons. The normalized spacial score (nSPS) is 16.7. The summed E-state index contributed by atoms with van der Waals surface area (Å²) in [5, 5.41) is 8.75. The molecular weight excluding hydrogens is 270 g/mol. The average molecular weight is 293 g/mol. The number of fused-ring (bicyclic) bond motifs is 1. The molecule has 0 unspecified atom stereocenters. The van der Waals surface area contributed by atoms with Crippen molar-refractivity contribution in [3.63, 3.8) is 0 Å². The number of nitrogens with zero attached hydrogens (tertiary/aromatic N) is 1. The number of carbonyl (C=O) groups is 1. The van der Waals surface area contributed by atoms with Gasteiger partial charge in [0.15, 0.2) is 0 Å². The van der Waals surface area contributed by atoms with Crippen molar-refractivity contribution in [3.8, 4) is 11.5 Å². The molecule has 5 nitrogen and oxygen atoms in total. The SMILES string of the molecule is CCOc1cc2c(cc1CN(C)CCC(=O)O)O[C@H](C)C2. The van der Waals surface area contributed by atoms with Crippen molar-refractivity contribution in [2.75, 3.05) is 20.2 Å². The van der Waals surface area contributed by atoms with Gasteiger partial charge in [-0.3, -0.25) is 4.79 Å². The maximum absolute atomic E-state index is 10.6. The molecule has 0 saturated carbocycles. The first-order valence-corrected chi connectivity index (χ1v) is 7.35. The van der Waals surface area contributed by atoms with E-state index in [4.69, 9.17) is 14.6 Å². The first-order valence-electron chi connectivity index (χ1n) is 7.35. The Bertz CT molecular complexity index is 515. The summed E-state index contributed by atoms with van der Waals surface area (Å²) in [6.45, 7) is 5.78. The Morgan fingerprint density at radius 1 is 1.52 bits per heavy atom. The fourth-order valence-electron chi connectivity index (χ4n) is 2.55. The van der Waals surface area contributed by atoms with Crippen LogP contribution < -0.4 is 9.47 Å². The zero-order valence-electron chi connectivity index (χ0n) is 12.9. The van der Waals surface area contributed by atoms with E-state index in [1.807, 2.05) is 24.9 Å². The first-order chi connectivity index (χ1) is 9.99. The van der Waals surface area contributed by atoms with Gasteiger partial charge in [0.25, 0.3) is 0 Å². The van der Waals surface area contributed by atoms with Gasteiger partial charge in [0.1, 0.15) is 17.6 Å². The smallest absolute Gasteiger partial charge is 0.304 e. The van der Waals surface area contributed by atoms with Crippen LogP contribution in [0.3, 0.4) is 0 Å². The molecule has 0 aliphatic carbocycles. The van der Waals surface area contributed by atoms with E-state index in [1.54, 1.807) is 0 Å². The van der Waals surface area contributed by atoms with Crippen LogP contribution in [0.4, 0.5) is 0 Å². The summed E-state index contributed by atoms with van der Waals surface area (Å²) < 4.78 is 11.5. The molecule has 2 rings (SSSR count). The lowest BCUT2D eigenvalue weighted by molar-refractivity contribution is -0.137. The molecule has 0 bridgehead atoms. The maximum atomic E-state index is 10.6. The number of hydrogen-bond acceptors (Lipinski definition) is 4. The molecule has 0 fully saturated rings. The van der Waals surface area contributed by atoms with E-state index in [0.29, 0.717) is 19.7 Å². The van der Waals surface area contributed by atoms with Crippen LogP contribution in [0.15, 0.2) is 12.1 Å². The van der Waals surface area contributed by atoms with Gasteiger partial charge in [-0.1, -0.05) is 0 Å². The van der Waals surface area contributed by atoms with Crippen LogP contribution in [0.25, 0.3) is 0 Å². The topological polar surface area (TPSA) is 59.0 Å². The number of ether oxygens (including phenoxy) is 2. The zero-order chi connectivity index (χ0) is 15.4. The minimum absolute atomic E-state index is 0.138. The largest absolute Gasteiger partial charge is 0.494 e. The molecule has 5 heteroatoms. The van der Waals surface area contributed by atoms with E-state index in [9.17, 15) is 4.79 Å². The monoisotopic (exact) mass is 293 g/mol. The molecule has 1 aliphatic heterocycles. The molecule has 0 amide bonds. The molecule has 1 aromatic carbocycles. The van der Waals surface area contributed by atoms with Gasteiger partial charge in [0.2, 0.25) is 0 Å². The molecule has 0 spiro atoms. The highest BCUT2D eigenvalue weighted by Gasteiger charge is 2.22. The Balaban J connectivity index is 2.13. The summed E-state index contributed by atoms with van der Waals surface area (Å²) in [6, 6.07) is 4.09. The van der Waals surface area contributed by atoms with Crippen molar-refractivity contribution in [3.05, 3.63) is 23.3 Å². The Morgan fingerprint density at radius 2 is 2.29 bits per heavy atom. The second kappa shape index (κ2) is 6.80. The Morgan fingerprint density at radius 3 is 2.95 bits per heavy atom. The van der Waals surface area contributed by atoms with Gasteiger partial charge in [-0.15, -0.1) is 0 Å². The lowest BCUT2D eigenvalue weighted by atomic mass is 10.1. The van der Waals surface area contributed by atoms with Crippen LogP contribution in [0, 0.1) is 0 Å². The quantitative estimate of drug-likeness (QED) is 0.836. The van der Waals surface area contributed by atoms with Crippen LogP contribution in [0.1, 0.15) is 31.4 Å². The minimum atomic E-state index is -0.780. The molecule has 1 aliphatic rings. The lowest BCUT2D eigenvalue weighted by Crippen LogP contribution is -2.21. The summed E-state index contributed by atoms with van der Waals surface area (Å²) in [5.74, 6) is 1.02. The lowest BCUT2D eigenvalue weighted by Gasteiger charge is -2.19. The highest BCUT2D eigenvalue weighted by Crippen LogP contribution is 2.35. The molecule has 1 aromatic rings. The Kier molecular flexibility index (Phi) is 5.07. The average Bonchev–Trinajstić information content (AvgIpc) is 2.76. The van der Waals surface area contributed by atoms with E-state index >= 15 is 0 Å². The van der Waals surface area contributed by atoms with Crippen LogP contribution in [0.5, 0.6) is 11.5 Å². The third-order valence-electron chi connectivity index (χ3n) is 3.53. The molecule has 0 saturated heterocycles. The fourth-order valence-corrected chi connectivity index (χ4v) is 2.55. The second-order valence-corrected chi connectivity index (χ2v) is 5.51. The third kappa shape index (κ3) is 4.11. The third-order valence-corrected chi connectivity index (χ3v) is 3.53. The summed E-state index contributed by atoms with van der Waals surface area (Å²) >= 11 is 0. The van der Waals surface area contributed by atoms with Gasteiger partial charge in [0, 0.05) is 30.6 Å². The molecule has 1 N–H and O–H groups in total. The van der Waals surface area contributed by atoms with Crippen LogP contribution in [-0.4, -0.2) is 42.3 Å². The van der Waals surface area contributed by atoms with Crippen LogP contribution in [-0.2, 0) is 17.8 Å². The van der Waals surface area contributed by atoms with Gasteiger partial charge >= 0.3 is 5.97 Å². The van der Waals surface area contributed by atoms with E-state index in [2.05, 4.69) is 13.0 Å². The highest BCUT2D eigenvalue weighted by molar-refractivity contribution is 5.66. The van der Waals surface area contributed by atoms with Crippen molar-refractivity contribution in [1.82, 2.24) is 4.90 Å². The fraction of sp³-hybridized carbons (Fsp3) is 0.562. The molecule has 1 atom stereocenters. The maximum Gasteiger partial charge on any atom is 0.304 e. The zero-order valence-corrected chi connectivity index (χ0v) is 12.9. The standard InChI is InChI=1S/C16H23NO4/c1-4-20-14-8-12-7-11(2)21-15(12)9-13(14)10-17(3)6-5-16(18)19/h8-9,11H,4-7,10H2,1-3H3,(H,18,19)/t11-/m1/s1. The molecule has 21 heavy (non-hydrogen) atoms. The number of rotatable bonds is 7. The van der Waals surface area contributed by atoms with Crippen LogP contribution in [0.2, 0.25) is 0 Å². The van der Waals surface area contributed by atoms with Gasteiger partial charge < -0.3 is 19.5 Å². The van der Waals surface area contributed by atoms with Crippen molar-refractivity contribution in [2.24, 2.45) is 0 Å². The summed E-state index contributed by atoms with van der Waals surface area (Å²) in [6.07, 6.45) is 1.25. The van der Waals surface area contributed by atoms with Gasteiger partial charge in [0.05, 0.1) is 13.0 Å². The molecule has 1 heterocycles.